The molecule has 0 spiro atoms. The molecule has 0 saturated carbocycles. The molecule has 0 saturated heterocycles. The molecule has 0 aliphatic heterocycles. The maximum Gasteiger partial charge on any atom is 0.270 e. The number of hydrogen-bond acceptors (Lipinski definition) is 4. The van der Waals surface area contributed by atoms with Crippen molar-refractivity contribution in [2.24, 2.45) is 0 Å². The monoisotopic (exact) mass is 330 g/mol. The van der Waals surface area contributed by atoms with Crippen LogP contribution in [-0.2, 0) is 0 Å². The molecule has 122 valence electrons. The molecule has 0 fully saturated rings. The summed E-state index contributed by atoms with van der Waals surface area (Å²) in [6, 6.07) is 13.0. The van der Waals surface area contributed by atoms with E-state index in [1.807, 2.05) is 43.3 Å². The standard InChI is InChI=1S/C19H14N4O2/c1-12-6-7-17-21-10-15(19(25)23(17)11-12)18(24)22-14-8-13-4-2-3-5-16(13)20-9-14/h2-11H,1H3,(H,22,24). The van der Waals surface area contributed by atoms with Gasteiger partial charge in [-0.15, -0.1) is 0 Å². The number of para-hydroxylation sites is 1. The first-order valence-electron chi connectivity index (χ1n) is 7.76. The number of aromatic nitrogens is 3. The Morgan fingerprint density at radius 3 is 2.80 bits per heavy atom. The van der Waals surface area contributed by atoms with Gasteiger partial charge in [0.15, 0.2) is 0 Å². The van der Waals surface area contributed by atoms with Crippen molar-refractivity contribution in [2.45, 2.75) is 6.92 Å². The van der Waals surface area contributed by atoms with Crippen LogP contribution in [0.25, 0.3) is 16.6 Å². The molecule has 0 aliphatic rings. The molecule has 0 unspecified atom stereocenters. The molecule has 3 aromatic heterocycles. The van der Waals surface area contributed by atoms with Crippen LogP contribution >= 0.6 is 0 Å². The zero-order valence-electron chi connectivity index (χ0n) is 13.4. The van der Waals surface area contributed by atoms with Crippen LogP contribution in [0.1, 0.15) is 15.9 Å². The molecule has 0 radical (unpaired) electrons. The summed E-state index contributed by atoms with van der Waals surface area (Å²) in [7, 11) is 0. The fourth-order valence-electron chi connectivity index (χ4n) is 2.68. The number of carbonyl (C=O) groups is 1. The number of fused-ring (bicyclic) bond motifs is 2. The molecule has 6 heteroatoms. The van der Waals surface area contributed by atoms with E-state index in [1.165, 1.54) is 10.6 Å². The molecular formula is C19H14N4O2. The van der Waals surface area contributed by atoms with E-state index in [1.54, 1.807) is 18.5 Å². The summed E-state index contributed by atoms with van der Waals surface area (Å²) in [6.07, 6.45) is 4.53. The average Bonchev–Trinajstić information content (AvgIpc) is 2.62. The lowest BCUT2D eigenvalue weighted by Crippen LogP contribution is -2.26. The Kier molecular flexibility index (Phi) is 3.50. The van der Waals surface area contributed by atoms with Gasteiger partial charge in [-0.2, -0.15) is 0 Å². The highest BCUT2D eigenvalue weighted by atomic mass is 16.2. The number of anilines is 1. The highest BCUT2D eigenvalue weighted by molar-refractivity contribution is 6.04. The fraction of sp³-hybridized carbons (Fsp3) is 0.0526. The van der Waals surface area contributed by atoms with Crippen molar-refractivity contribution in [1.29, 1.82) is 0 Å². The maximum absolute atomic E-state index is 12.6. The van der Waals surface area contributed by atoms with E-state index < -0.39 is 11.5 Å². The lowest BCUT2D eigenvalue weighted by molar-refractivity contribution is 0.102. The highest BCUT2D eigenvalue weighted by Gasteiger charge is 2.14. The van der Waals surface area contributed by atoms with Crippen LogP contribution < -0.4 is 10.9 Å². The Balaban J connectivity index is 1.71. The third-order valence-corrected chi connectivity index (χ3v) is 3.94. The van der Waals surface area contributed by atoms with Gasteiger partial charge in [0, 0.05) is 17.8 Å². The number of carbonyl (C=O) groups excluding carboxylic acids is 1. The minimum atomic E-state index is -0.509. The van der Waals surface area contributed by atoms with E-state index in [-0.39, 0.29) is 5.56 Å². The van der Waals surface area contributed by atoms with Crippen LogP contribution in [-0.4, -0.2) is 20.3 Å². The van der Waals surface area contributed by atoms with Gasteiger partial charge < -0.3 is 5.32 Å². The van der Waals surface area contributed by atoms with Gasteiger partial charge in [-0.25, -0.2) is 4.98 Å². The van der Waals surface area contributed by atoms with E-state index in [9.17, 15) is 9.59 Å². The van der Waals surface area contributed by atoms with Crippen molar-refractivity contribution in [2.75, 3.05) is 5.32 Å². The number of nitrogens with one attached hydrogen (secondary N) is 1. The minimum absolute atomic E-state index is 0.0174. The Morgan fingerprint density at radius 2 is 1.92 bits per heavy atom. The third kappa shape index (κ3) is 2.74. The lowest BCUT2D eigenvalue weighted by atomic mass is 10.2. The van der Waals surface area contributed by atoms with E-state index in [4.69, 9.17) is 0 Å². The van der Waals surface area contributed by atoms with Crippen LogP contribution in [0.2, 0.25) is 0 Å². The van der Waals surface area contributed by atoms with E-state index in [2.05, 4.69) is 15.3 Å². The SMILES string of the molecule is Cc1ccc2ncc(C(=O)Nc3cnc4ccccc4c3)c(=O)n2c1. The van der Waals surface area contributed by atoms with Crippen molar-refractivity contribution >= 4 is 28.1 Å². The topological polar surface area (TPSA) is 76.4 Å². The largest absolute Gasteiger partial charge is 0.320 e. The maximum atomic E-state index is 12.6. The number of hydrogen-bond donors (Lipinski definition) is 1. The van der Waals surface area contributed by atoms with Crippen LogP contribution in [0.4, 0.5) is 5.69 Å². The van der Waals surface area contributed by atoms with Gasteiger partial charge in [0.25, 0.3) is 11.5 Å². The number of amides is 1. The molecule has 4 rings (SSSR count). The van der Waals surface area contributed by atoms with Crippen LogP contribution in [0.15, 0.2) is 65.8 Å². The average molecular weight is 330 g/mol. The smallest absolute Gasteiger partial charge is 0.270 e. The fourth-order valence-corrected chi connectivity index (χ4v) is 2.68. The zero-order chi connectivity index (χ0) is 17.4. The van der Waals surface area contributed by atoms with Crippen molar-refractivity contribution in [1.82, 2.24) is 14.4 Å². The lowest BCUT2D eigenvalue weighted by Gasteiger charge is -2.07. The normalized spacial score (nSPS) is 10.9. The van der Waals surface area contributed by atoms with E-state index in [0.717, 1.165) is 16.5 Å². The number of rotatable bonds is 2. The second-order valence-electron chi connectivity index (χ2n) is 5.78. The second-order valence-corrected chi connectivity index (χ2v) is 5.78. The second kappa shape index (κ2) is 5.83. The third-order valence-electron chi connectivity index (χ3n) is 3.94. The molecule has 0 bridgehead atoms. The minimum Gasteiger partial charge on any atom is -0.320 e. The molecule has 0 atom stereocenters. The summed E-state index contributed by atoms with van der Waals surface area (Å²) in [5.74, 6) is -0.509. The molecule has 25 heavy (non-hydrogen) atoms. The molecule has 1 aromatic carbocycles. The van der Waals surface area contributed by atoms with Gasteiger partial charge in [-0.05, 0) is 30.7 Å². The Labute approximate surface area is 142 Å². The van der Waals surface area contributed by atoms with E-state index >= 15 is 0 Å². The van der Waals surface area contributed by atoms with E-state index in [0.29, 0.717) is 11.3 Å². The van der Waals surface area contributed by atoms with Crippen molar-refractivity contribution < 1.29 is 4.79 Å². The zero-order valence-corrected chi connectivity index (χ0v) is 13.4. The number of pyridine rings is 2. The molecule has 1 N–H and O–H groups in total. The first-order chi connectivity index (χ1) is 12.1. The Hall–Kier alpha value is -3.54. The Bertz CT molecular complexity index is 1180. The molecule has 1 amide bonds. The molecule has 3 heterocycles. The quantitative estimate of drug-likeness (QED) is 0.613. The van der Waals surface area contributed by atoms with Crippen molar-refractivity contribution in [3.05, 3.63) is 82.5 Å². The first kappa shape index (κ1) is 15.0. The van der Waals surface area contributed by atoms with Gasteiger partial charge in [0.05, 0.1) is 17.4 Å². The summed E-state index contributed by atoms with van der Waals surface area (Å²) >= 11 is 0. The number of aryl methyl sites for hydroxylation is 1. The van der Waals surface area contributed by atoms with Gasteiger partial charge >= 0.3 is 0 Å². The number of benzene rings is 1. The predicted octanol–water partition coefficient (Wildman–Crippen LogP) is 2.80. The van der Waals surface area contributed by atoms with Crippen LogP contribution in [0.5, 0.6) is 0 Å². The first-order valence-corrected chi connectivity index (χ1v) is 7.76. The van der Waals surface area contributed by atoms with Gasteiger partial charge in [0.2, 0.25) is 0 Å². The van der Waals surface area contributed by atoms with Gasteiger partial charge in [-0.1, -0.05) is 24.3 Å². The Morgan fingerprint density at radius 1 is 1.08 bits per heavy atom. The number of nitrogens with zero attached hydrogens (tertiary/aromatic N) is 3. The summed E-state index contributed by atoms with van der Waals surface area (Å²) in [5, 5.41) is 3.62. The van der Waals surface area contributed by atoms with Gasteiger partial charge in [-0.3, -0.25) is 19.0 Å². The van der Waals surface area contributed by atoms with Gasteiger partial charge in [0.1, 0.15) is 11.2 Å². The molecule has 6 nitrogen and oxygen atoms in total. The molecule has 0 aliphatic carbocycles. The summed E-state index contributed by atoms with van der Waals surface area (Å²) < 4.78 is 1.38. The summed E-state index contributed by atoms with van der Waals surface area (Å²) in [5.41, 5.74) is 2.35. The summed E-state index contributed by atoms with van der Waals surface area (Å²) in [6.45, 7) is 1.87. The molecular weight excluding hydrogens is 316 g/mol. The van der Waals surface area contributed by atoms with Crippen LogP contribution in [0.3, 0.4) is 0 Å². The molecule has 4 aromatic rings. The summed E-state index contributed by atoms with van der Waals surface area (Å²) in [4.78, 5) is 33.6. The predicted molar refractivity (Wildman–Crippen MR) is 95.9 cm³/mol. The van der Waals surface area contributed by atoms with Crippen molar-refractivity contribution in [3.63, 3.8) is 0 Å². The van der Waals surface area contributed by atoms with Crippen LogP contribution in [0, 0.1) is 6.92 Å². The van der Waals surface area contributed by atoms with Crippen molar-refractivity contribution in [3.8, 4) is 0 Å². The highest BCUT2D eigenvalue weighted by Crippen LogP contribution is 2.16.